The largest absolute Gasteiger partial charge is 0.459 e. The van der Waals surface area contributed by atoms with Crippen molar-refractivity contribution in [3.63, 3.8) is 0 Å². The van der Waals surface area contributed by atoms with Crippen LogP contribution in [0.5, 0.6) is 0 Å². The molecular formula is C42H57N5O6. The number of esters is 1. The molecule has 0 spiro atoms. The number of nitrogens with zero attached hydrogens (tertiary/aromatic N) is 4. The summed E-state index contributed by atoms with van der Waals surface area (Å²) in [5.41, 5.74) is 8.10. The molecule has 53 heavy (non-hydrogen) atoms. The van der Waals surface area contributed by atoms with E-state index in [9.17, 15) is 24.0 Å². The van der Waals surface area contributed by atoms with Crippen LogP contribution in [0.3, 0.4) is 0 Å². The summed E-state index contributed by atoms with van der Waals surface area (Å²) in [6.07, 6.45) is 7.69. The summed E-state index contributed by atoms with van der Waals surface area (Å²) in [6, 6.07) is 15.0. The Bertz CT molecular complexity index is 1570. The van der Waals surface area contributed by atoms with Gasteiger partial charge in [-0.3, -0.25) is 19.2 Å². The van der Waals surface area contributed by atoms with Crippen molar-refractivity contribution in [2.75, 3.05) is 26.2 Å². The Labute approximate surface area is 314 Å². The topological polar surface area (TPSA) is 134 Å². The standard InChI is InChI=1S/C42H57N5O6/c1-4-24-44(38(48)33-21-12-14-25-45(33)39(49)34-22-13-15-26-46(34)41(51)37(43)30(3)5-2)36(28-31-17-8-6-9-18-31)40(50)47-27-16-23-35(47)42(52)53-29-32-19-10-7-11-20-32/h4,6-11,17-20,30,33-37H,1,5,12-16,21-29,43H2,2-3H3/t30?,33-,34+,35-,36+,37-/m0/s1. The number of nitrogens with two attached hydrogens (primary N) is 1. The third kappa shape index (κ3) is 9.54. The molecule has 2 N–H and O–H groups in total. The summed E-state index contributed by atoms with van der Waals surface area (Å²) < 4.78 is 5.69. The average Bonchev–Trinajstić information content (AvgIpc) is 3.71. The molecule has 3 fully saturated rings. The highest BCUT2D eigenvalue weighted by molar-refractivity contribution is 5.96. The van der Waals surface area contributed by atoms with Crippen molar-refractivity contribution in [3.05, 3.63) is 84.4 Å². The van der Waals surface area contributed by atoms with Crippen LogP contribution in [0.25, 0.3) is 0 Å². The van der Waals surface area contributed by atoms with Gasteiger partial charge >= 0.3 is 5.97 Å². The van der Waals surface area contributed by atoms with E-state index in [1.165, 1.54) is 0 Å². The smallest absolute Gasteiger partial charge is 0.329 e. The van der Waals surface area contributed by atoms with Gasteiger partial charge in [-0.1, -0.05) is 87.0 Å². The van der Waals surface area contributed by atoms with Gasteiger partial charge in [0, 0.05) is 32.6 Å². The molecule has 11 heteroatoms. The second kappa shape index (κ2) is 19.0. The summed E-state index contributed by atoms with van der Waals surface area (Å²) in [5, 5.41) is 0. The second-order valence-corrected chi connectivity index (χ2v) is 14.8. The molecule has 1 unspecified atom stereocenters. The molecule has 5 rings (SSSR count). The minimum atomic E-state index is -0.953. The zero-order chi connectivity index (χ0) is 37.9. The number of rotatable bonds is 14. The Kier molecular flexibility index (Phi) is 14.2. The molecule has 0 aliphatic carbocycles. The van der Waals surface area contributed by atoms with E-state index in [4.69, 9.17) is 10.5 Å². The van der Waals surface area contributed by atoms with Crippen LogP contribution in [0, 0.1) is 5.92 Å². The van der Waals surface area contributed by atoms with Crippen LogP contribution in [-0.4, -0.2) is 106 Å². The first kappa shape index (κ1) is 39.7. The van der Waals surface area contributed by atoms with Gasteiger partial charge < -0.3 is 30.1 Å². The van der Waals surface area contributed by atoms with Gasteiger partial charge in [0.05, 0.1) is 6.04 Å². The van der Waals surface area contributed by atoms with Gasteiger partial charge in [-0.05, 0) is 68.4 Å². The lowest BCUT2D eigenvalue weighted by Gasteiger charge is -2.44. The molecule has 0 bridgehead atoms. The monoisotopic (exact) mass is 727 g/mol. The molecule has 6 atom stereocenters. The molecular weight excluding hydrogens is 670 g/mol. The first-order chi connectivity index (χ1) is 25.7. The van der Waals surface area contributed by atoms with Crippen molar-refractivity contribution < 1.29 is 28.7 Å². The SMILES string of the molecule is C=CCN(C(=O)[C@@H]1CCCCN1C(=O)[C@H]1CCCCN1C(=O)[C@@H](N)C(C)CC)[C@H](Cc1ccccc1)C(=O)N1CCC[C@H]1C(=O)OCc1ccccc1. The molecule has 11 nitrogen and oxygen atoms in total. The van der Waals surface area contributed by atoms with E-state index in [0.29, 0.717) is 45.3 Å². The Morgan fingerprint density at radius 3 is 2.00 bits per heavy atom. The third-order valence-corrected chi connectivity index (χ3v) is 11.3. The van der Waals surface area contributed by atoms with Gasteiger partial charge in [-0.15, -0.1) is 6.58 Å². The molecule has 3 heterocycles. The van der Waals surface area contributed by atoms with Crippen molar-refractivity contribution in [2.24, 2.45) is 11.7 Å². The third-order valence-electron chi connectivity index (χ3n) is 11.3. The Morgan fingerprint density at radius 1 is 0.792 bits per heavy atom. The summed E-state index contributed by atoms with van der Waals surface area (Å²) in [4.78, 5) is 77.6. The van der Waals surface area contributed by atoms with Crippen LogP contribution >= 0.6 is 0 Å². The predicted octanol–water partition coefficient (Wildman–Crippen LogP) is 4.48. The molecule has 3 aliphatic heterocycles. The Morgan fingerprint density at radius 2 is 1.36 bits per heavy atom. The number of benzene rings is 2. The molecule has 0 saturated carbocycles. The van der Waals surface area contributed by atoms with Crippen molar-refractivity contribution >= 4 is 29.6 Å². The molecule has 0 aromatic heterocycles. The van der Waals surface area contributed by atoms with Crippen molar-refractivity contribution in [3.8, 4) is 0 Å². The van der Waals surface area contributed by atoms with Crippen LogP contribution in [0.1, 0.15) is 82.8 Å². The van der Waals surface area contributed by atoms with Gasteiger partial charge in [0.1, 0.15) is 30.8 Å². The number of carbonyl (C=O) groups excluding carboxylic acids is 5. The minimum absolute atomic E-state index is 0.0306. The van der Waals surface area contributed by atoms with Crippen LogP contribution < -0.4 is 5.73 Å². The second-order valence-electron chi connectivity index (χ2n) is 14.8. The number of hydrogen-bond acceptors (Lipinski definition) is 7. The van der Waals surface area contributed by atoms with E-state index < -0.39 is 36.2 Å². The average molecular weight is 728 g/mol. The van der Waals surface area contributed by atoms with Gasteiger partial charge in [0.2, 0.25) is 23.6 Å². The van der Waals surface area contributed by atoms with Crippen LogP contribution in [-0.2, 0) is 41.7 Å². The molecule has 0 radical (unpaired) electrons. The number of amides is 4. The van der Waals surface area contributed by atoms with Crippen LogP contribution in [0.2, 0.25) is 0 Å². The fourth-order valence-electron chi connectivity index (χ4n) is 7.95. The summed E-state index contributed by atoms with van der Waals surface area (Å²) in [7, 11) is 0. The number of hydrogen-bond donors (Lipinski definition) is 1. The van der Waals surface area contributed by atoms with Crippen molar-refractivity contribution in [1.82, 2.24) is 19.6 Å². The minimum Gasteiger partial charge on any atom is -0.459 e. The van der Waals surface area contributed by atoms with Gasteiger partial charge in [-0.25, -0.2) is 4.79 Å². The number of carbonyl (C=O) groups is 5. The first-order valence-corrected chi connectivity index (χ1v) is 19.5. The molecule has 4 amide bonds. The van der Waals surface area contributed by atoms with E-state index in [1.807, 2.05) is 74.5 Å². The Hall–Kier alpha value is -4.51. The molecule has 3 aliphatic rings. The zero-order valence-corrected chi connectivity index (χ0v) is 31.4. The normalized spacial score (nSPS) is 22.0. The highest BCUT2D eigenvalue weighted by atomic mass is 16.5. The predicted molar refractivity (Wildman–Crippen MR) is 203 cm³/mol. The highest BCUT2D eigenvalue weighted by Crippen LogP contribution is 2.29. The lowest BCUT2D eigenvalue weighted by atomic mass is 9.93. The highest BCUT2D eigenvalue weighted by Gasteiger charge is 2.46. The molecule has 286 valence electrons. The van der Waals surface area contributed by atoms with Crippen molar-refractivity contribution in [1.29, 1.82) is 0 Å². The Balaban J connectivity index is 1.41. The van der Waals surface area contributed by atoms with E-state index in [-0.39, 0.29) is 49.1 Å². The van der Waals surface area contributed by atoms with E-state index in [2.05, 4.69) is 6.58 Å². The summed E-state index contributed by atoms with van der Waals surface area (Å²) in [5.74, 6) is -1.63. The van der Waals surface area contributed by atoms with Crippen LogP contribution in [0.15, 0.2) is 73.3 Å². The van der Waals surface area contributed by atoms with E-state index in [1.54, 1.807) is 25.7 Å². The maximum Gasteiger partial charge on any atom is 0.329 e. The zero-order valence-electron chi connectivity index (χ0n) is 31.4. The van der Waals surface area contributed by atoms with Crippen molar-refractivity contribution in [2.45, 2.75) is 115 Å². The van der Waals surface area contributed by atoms with Crippen LogP contribution in [0.4, 0.5) is 0 Å². The van der Waals surface area contributed by atoms with E-state index in [0.717, 1.165) is 43.2 Å². The lowest BCUT2D eigenvalue weighted by molar-refractivity contribution is -0.160. The van der Waals surface area contributed by atoms with Gasteiger partial charge in [-0.2, -0.15) is 0 Å². The molecule has 2 aromatic rings. The quantitative estimate of drug-likeness (QED) is 0.224. The van der Waals surface area contributed by atoms with Gasteiger partial charge in [0.25, 0.3) is 0 Å². The fourth-order valence-corrected chi connectivity index (χ4v) is 7.95. The summed E-state index contributed by atoms with van der Waals surface area (Å²) in [6.45, 7) is 9.25. The fraction of sp³-hybridized carbons (Fsp3) is 0.548. The maximum atomic E-state index is 14.9. The number of piperidine rings is 2. The van der Waals surface area contributed by atoms with E-state index >= 15 is 0 Å². The lowest BCUT2D eigenvalue weighted by Crippen LogP contribution is -2.63. The van der Waals surface area contributed by atoms with Gasteiger partial charge in [0.15, 0.2) is 0 Å². The maximum absolute atomic E-state index is 14.9. The molecule has 2 aromatic carbocycles. The summed E-state index contributed by atoms with van der Waals surface area (Å²) >= 11 is 0. The number of ether oxygens (including phenoxy) is 1. The first-order valence-electron chi connectivity index (χ1n) is 19.5. The number of likely N-dealkylation sites (tertiary alicyclic amines) is 3. The molecule has 3 saturated heterocycles.